The molecule has 2 rings (SSSR count). The van der Waals surface area contributed by atoms with Crippen LogP contribution in [0.25, 0.3) is 0 Å². The average molecular weight is 354 g/mol. The van der Waals surface area contributed by atoms with Gasteiger partial charge in [0.25, 0.3) is 0 Å². The standard InChI is InChI=1S/C18H31N3O2S/c1-3-19-18(20-8-5-9-23-16-7-10-22-14-16)21-13-15(2)12-17-6-4-11-24-17/h4,6,11,15-16H,3,5,7-10,12-14H2,1-2H3,(H2,19,20,21). The summed E-state index contributed by atoms with van der Waals surface area (Å²) in [6.07, 6.45) is 3.40. The summed E-state index contributed by atoms with van der Waals surface area (Å²) in [5.74, 6) is 1.45. The summed E-state index contributed by atoms with van der Waals surface area (Å²) in [5, 5.41) is 8.84. The highest BCUT2D eigenvalue weighted by molar-refractivity contribution is 7.09. The Hall–Kier alpha value is -1.11. The molecule has 5 nitrogen and oxygen atoms in total. The number of guanidine groups is 1. The second-order valence-corrected chi connectivity index (χ2v) is 7.28. The van der Waals surface area contributed by atoms with E-state index in [4.69, 9.17) is 14.5 Å². The molecule has 2 N–H and O–H groups in total. The Morgan fingerprint density at radius 2 is 2.42 bits per heavy atom. The molecule has 0 bridgehead atoms. The molecule has 6 heteroatoms. The van der Waals surface area contributed by atoms with E-state index in [2.05, 4.69) is 42.0 Å². The maximum atomic E-state index is 5.78. The van der Waals surface area contributed by atoms with Crippen LogP contribution in [0.15, 0.2) is 22.5 Å². The van der Waals surface area contributed by atoms with Gasteiger partial charge in [-0.3, -0.25) is 4.99 Å². The fraction of sp³-hybridized carbons (Fsp3) is 0.722. The van der Waals surface area contributed by atoms with E-state index in [9.17, 15) is 0 Å². The minimum Gasteiger partial charge on any atom is -0.379 e. The van der Waals surface area contributed by atoms with Crippen molar-refractivity contribution in [2.45, 2.75) is 39.2 Å². The van der Waals surface area contributed by atoms with E-state index in [-0.39, 0.29) is 0 Å². The Morgan fingerprint density at radius 3 is 3.12 bits per heavy atom. The molecule has 0 amide bonds. The van der Waals surface area contributed by atoms with E-state index in [0.717, 1.165) is 64.7 Å². The Labute approximate surface area is 149 Å². The van der Waals surface area contributed by atoms with Gasteiger partial charge in [0, 0.05) is 37.7 Å². The zero-order chi connectivity index (χ0) is 17.0. The number of aliphatic imine (C=N–C) groups is 1. The second kappa shape index (κ2) is 11.4. The Kier molecular flexibility index (Phi) is 9.16. The molecular weight excluding hydrogens is 322 g/mol. The first-order valence-corrected chi connectivity index (χ1v) is 9.89. The lowest BCUT2D eigenvalue weighted by Gasteiger charge is -2.14. The summed E-state index contributed by atoms with van der Waals surface area (Å²) in [7, 11) is 0. The zero-order valence-electron chi connectivity index (χ0n) is 14.9. The van der Waals surface area contributed by atoms with Crippen molar-refractivity contribution in [1.29, 1.82) is 0 Å². The van der Waals surface area contributed by atoms with Gasteiger partial charge in [0.05, 0.1) is 12.7 Å². The summed E-state index contributed by atoms with van der Waals surface area (Å²) in [5.41, 5.74) is 0. The minimum absolute atomic E-state index is 0.296. The van der Waals surface area contributed by atoms with Crippen molar-refractivity contribution in [1.82, 2.24) is 10.6 Å². The van der Waals surface area contributed by atoms with Crippen LogP contribution in [0.2, 0.25) is 0 Å². The molecule has 0 radical (unpaired) electrons. The van der Waals surface area contributed by atoms with Crippen molar-refractivity contribution in [3.63, 3.8) is 0 Å². The predicted molar refractivity (Wildman–Crippen MR) is 101 cm³/mol. The van der Waals surface area contributed by atoms with Crippen LogP contribution >= 0.6 is 11.3 Å². The van der Waals surface area contributed by atoms with Crippen LogP contribution in [0.1, 0.15) is 31.6 Å². The van der Waals surface area contributed by atoms with Crippen LogP contribution in [0.3, 0.4) is 0 Å². The highest BCUT2D eigenvalue weighted by Crippen LogP contribution is 2.14. The summed E-state index contributed by atoms with van der Waals surface area (Å²) < 4.78 is 11.1. The molecule has 0 aliphatic carbocycles. The molecule has 2 heterocycles. The Morgan fingerprint density at radius 1 is 1.50 bits per heavy atom. The first-order valence-electron chi connectivity index (χ1n) is 9.01. The van der Waals surface area contributed by atoms with Gasteiger partial charge in [0.1, 0.15) is 0 Å². The minimum atomic E-state index is 0.296. The lowest BCUT2D eigenvalue weighted by Crippen LogP contribution is -2.38. The highest BCUT2D eigenvalue weighted by Gasteiger charge is 2.15. The van der Waals surface area contributed by atoms with Crippen molar-refractivity contribution >= 4 is 17.3 Å². The Bertz CT molecular complexity index is 459. The van der Waals surface area contributed by atoms with E-state index >= 15 is 0 Å². The van der Waals surface area contributed by atoms with Crippen LogP contribution in [0.5, 0.6) is 0 Å². The molecule has 1 fully saturated rings. The van der Waals surface area contributed by atoms with Gasteiger partial charge >= 0.3 is 0 Å². The predicted octanol–water partition coefficient (Wildman–Crippen LogP) is 2.68. The summed E-state index contributed by atoms with van der Waals surface area (Å²) in [4.78, 5) is 6.14. The van der Waals surface area contributed by atoms with Gasteiger partial charge in [-0.15, -0.1) is 11.3 Å². The molecule has 2 atom stereocenters. The molecule has 24 heavy (non-hydrogen) atoms. The van der Waals surface area contributed by atoms with Crippen molar-refractivity contribution < 1.29 is 9.47 Å². The van der Waals surface area contributed by atoms with E-state index in [1.165, 1.54) is 4.88 Å². The van der Waals surface area contributed by atoms with E-state index in [0.29, 0.717) is 12.0 Å². The largest absolute Gasteiger partial charge is 0.379 e. The number of hydrogen-bond acceptors (Lipinski definition) is 4. The van der Waals surface area contributed by atoms with Crippen LogP contribution in [0.4, 0.5) is 0 Å². The normalized spacial score (nSPS) is 19.4. The highest BCUT2D eigenvalue weighted by atomic mass is 32.1. The fourth-order valence-electron chi connectivity index (χ4n) is 2.60. The fourth-order valence-corrected chi connectivity index (χ4v) is 3.47. The van der Waals surface area contributed by atoms with Crippen molar-refractivity contribution in [2.24, 2.45) is 10.9 Å². The van der Waals surface area contributed by atoms with Crippen LogP contribution in [0, 0.1) is 5.92 Å². The SMILES string of the molecule is CCNC(=NCC(C)Cc1cccs1)NCCCOC1CCOC1. The summed E-state index contributed by atoms with van der Waals surface area (Å²) in [6.45, 7) is 9.29. The third kappa shape index (κ3) is 7.64. The quantitative estimate of drug-likeness (QED) is 0.386. The van der Waals surface area contributed by atoms with E-state index < -0.39 is 0 Å². The van der Waals surface area contributed by atoms with Crippen molar-refractivity contribution in [3.8, 4) is 0 Å². The molecule has 1 aromatic heterocycles. The van der Waals surface area contributed by atoms with Gasteiger partial charge < -0.3 is 20.1 Å². The molecule has 2 unspecified atom stereocenters. The number of thiophene rings is 1. The van der Waals surface area contributed by atoms with Crippen LogP contribution in [-0.2, 0) is 15.9 Å². The number of rotatable bonds is 10. The number of nitrogens with zero attached hydrogens (tertiary/aromatic N) is 1. The molecule has 0 spiro atoms. The van der Waals surface area contributed by atoms with Gasteiger partial charge in [-0.1, -0.05) is 13.0 Å². The van der Waals surface area contributed by atoms with Gasteiger partial charge in [-0.05, 0) is 43.6 Å². The van der Waals surface area contributed by atoms with Gasteiger partial charge in [0.15, 0.2) is 5.96 Å². The second-order valence-electron chi connectivity index (χ2n) is 6.25. The monoisotopic (exact) mass is 353 g/mol. The molecule has 1 aliphatic rings. The molecule has 0 aromatic carbocycles. The Balaban J connectivity index is 1.62. The summed E-state index contributed by atoms with van der Waals surface area (Å²) >= 11 is 1.82. The van der Waals surface area contributed by atoms with Crippen molar-refractivity contribution in [3.05, 3.63) is 22.4 Å². The maximum Gasteiger partial charge on any atom is 0.191 e. The lowest BCUT2D eigenvalue weighted by atomic mass is 10.1. The van der Waals surface area contributed by atoms with E-state index in [1.54, 1.807) is 0 Å². The third-order valence-electron chi connectivity index (χ3n) is 3.89. The average Bonchev–Trinajstić information content (AvgIpc) is 3.26. The number of hydrogen-bond donors (Lipinski definition) is 2. The van der Waals surface area contributed by atoms with Crippen molar-refractivity contribution in [2.75, 3.05) is 39.5 Å². The lowest BCUT2D eigenvalue weighted by molar-refractivity contribution is 0.0420. The topological polar surface area (TPSA) is 54.9 Å². The molecule has 1 aliphatic heterocycles. The van der Waals surface area contributed by atoms with Crippen LogP contribution < -0.4 is 10.6 Å². The first-order chi connectivity index (χ1) is 11.8. The molecular formula is C18H31N3O2S. The third-order valence-corrected chi connectivity index (χ3v) is 4.79. The molecule has 1 saturated heterocycles. The number of ether oxygens (including phenoxy) is 2. The molecule has 0 saturated carbocycles. The maximum absolute atomic E-state index is 5.78. The molecule has 136 valence electrons. The molecule has 1 aromatic rings. The summed E-state index contributed by atoms with van der Waals surface area (Å²) in [6, 6.07) is 4.31. The smallest absolute Gasteiger partial charge is 0.191 e. The van der Waals surface area contributed by atoms with Gasteiger partial charge in [-0.2, -0.15) is 0 Å². The van der Waals surface area contributed by atoms with E-state index in [1.807, 2.05) is 11.3 Å². The first kappa shape index (κ1) is 19.2. The van der Waals surface area contributed by atoms with Gasteiger partial charge in [0.2, 0.25) is 0 Å². The number of nitrogens with one attached hydrogen (secondary N) is 2. The van der Waals surface area contributed by atoms with Gasteiger partial charge in [-0.25, -0.2) is 0 Å². The van der Waals surface area contributed by atoms with Crippen LogP contribution in [-0.4, -0.2) is 51.5 Å². The zero-order valence-corrected chi connectivity index (χ0v) is 15.7.